The molecule has 0 amide bonds. The molecule has 2 aliphatic rings. The fourth-order valence-corrected chi connectivity index (χ4v) is 17.7. The fourth-order valence-electron chi connectivity index (χ4n) is 6.51. The summed E-state index contributed by atoms with van der Waals surface area (Å²) in [6.45, 7) is 18.2. The van der Waals surface area contributed by atoms with E-state index in [0.717, 1.165) is 11.3 Å². The van der Waals surface area contributed by atoms with E-state index in [1.807, 2.05) is 34.9 Å². The van der Waals surface area contributed by atoms with Crippen LogP contribution in [0.1, 0.15) is 72.9 Å². The summed E-state index contributed by atoms with van der Waals surface area (Å²) in [5, 5.41) is 0. The molecular formula is C31H46N4O5Si2. The van der Waals surface area contributed by atoms with Crippen LogP contribution < -0.4 is 0 Å². The summed E-state index contributed by atoms with van der Waals surface area (Å²) in [5.41, 5.74) is 4.14. The van der Waals surface area contributed by atoms with Crippen LogP contribution in [-0.2, 0) is 22.4 Å². The number of aromatic nitrogens is 4. The minimum atomic E-state index is -2.83. The molecule has 0 spiro atoms. The van der Waals surface area contributed by atoms with E-state index in [-0.39, 0.29) is 34.4 Å². The summed E-state index contributed by atoms with van der Waals surface area (Å²) in [6.07, 6.45) is 5.73. The number of methoxy groups -OCH3 is 1. The molecule has 9 nitrogen and oxygen atoms in total. The molecule has 0 aliphatic carbocycles. The van der Waals surface area contributed by atoms with E-state index >= 15 is 0 Å². The largest absolute Gasteiger partial charge is 0.414 e. The lowest BCUT2D eigenvalue weighted by Gasteiger charge is -2.51. The normalized spacial score (nSPS) is 26.0. The SMILES string of the molecule is CO[C@@H]1[C@@H]2O[Si](C(C)C)(C(C)C)O[Si](C(C)C)(C(C)C)OC[C@H]2O[C@H]1n1cnc2c(/C=C/c3ccccc3)ncnc21. The maximum atomic E-state index is 7.36. The van der Waals surface area contributed by atoms with Gasteiger partial charge in [-0.2, -0.15) is 0 Å². The molecule has 228 valence electrons. The summed E-state index contributed by atoms with van der Waals surface area (Å²) in [4.78, 5) is 13.8. The van der Waals surface area contributed by atoms with Crippen molar-refractivity contribution in [3.05, 3.63) is 54.2 Å². The van der Waals surface area contributed by atoms with Gasteiger partial charge >= 0.3 is 17.1 Å². The number of benzene rings is 1. The van der Waals surface area contributed by atoms with Gasteiger partial charge in [0.1, 0.15) is 30.2 Å². The molecule has 0 radical (unpaired) electrons. The molecular weight excluding hydrogens is 565 g/mol. The Morgan fingerprint density at radius 1 is 0.881 bits per heavy atom. The Hall–Kier alpha value is -2.26. The van der Waals surface area contributed by atoms with Crippen LogP contribution in [0.2, 0.25) is 22.2 Å². The summed E-state index contributed by atoms with van der Waals surface area (Å²) in [5.74, 6) is 0. The highest BCUT2D eigenvalue weighted by Gasteiger charge is 2.62. The molecule has 0 saturated carbocycles. The Balaban J connectivity index is 1.53. The summed E-state index contributed by atoms with van der Waals surface area (Å²) >= 11 is 0. The van der Waals surface area contributed by atoms with Gasteiger partial charge in [0.2, 0.25) is 0 Å². The van der Waals surface area contributed by atoms with Gasteiger partial charge in [0.05, 0.1) is 18.6 Å². The second kappa shape index (κ2) is 12.4. The van der Waals surface area contributed by atoms with Crippen LogP contribution >= 0.6 is 0 Å². The van der Waals surface area contributed by atoms with Crippen LogP contribution in [-0.4, -0.2) is 68.7 Å². The van der Waals surface area contributed by atoms with Crippen molar-refractivity contribution in [2.24, 2.45) is 0 Å². The van der Waals surface area contributed by atoms with Crippen molar-refractivity contribution in [2.45, 2.75) is 102 Å². The third-order valence-electron chi connectivity index (χ3n) is 8.78. The predicted octanol–water partition coefficient (Wildman–Crippen LogP) is 6.87. The van der Waals surface area contributed by atoms with Crippen molar-refractivity contribution in [1.29, 1.82) is 0 Å². The van der Waals surface area contributed by atoms with Gasteiger partial charge in [-0.1, -0.05) is 91.8 Å². The maximum absolute atomic E-state index is 7.36. The fraction of sp³-hybridized carbons (Fsp3) is 0.581. The molecule has 2 aliphatic heterocycles. The minimum absolute atomic E-state index is 0.210. The Morgan fingerprint density at radius 3 is 2.17 bits per heavy atom. The molecule has 1 aromatic carbocycles. The highest BCUT2D eigenvalue weighted by molar-refractivity contribution is 6.84. The van der Waals surface area contributed by atoms with E-state index in [9.17, 15) is 0 Å². The van der Waals surface area contributed by atoms with E-state index in [0.29, 0.717) is 17.8 Å². The van der Waals surface area contributed by atoms with Crippen molar-refractivity contribution in [2.75, 3.05) is 13.7 Å². The van der Waals surface area contributed by atoms with Gasteiger partial charge in [0, 0.05) is 7.11 Å². The van der Waals surface area contributed by atoms with Gasteiger partial charge in [0.25, 0.3) is 0 Å². The molecule has 0 unspecified atom stereocenters. The minimum Gasteiger partial charge on any atom is -0.414 e. The number of ether oxygens (including phenoxy) is 2. The molecule has 5 rings (SSSR count). The van der Waals surface area contributed by atoms with Gasteiger partial charge in [-0.15, -0.1) is 0 Å². The van der Waals surface area contributed by atoms with Crippen molar-refractivity contribution < 1.29 is 22.4 Å². The van der Waals surface area contributed by atoms with Crippen LogP contribution in [0.3, 0.4) is 0 Å². The zero-order valence-electron chi connectivity index (χ0n) is 26.4. The quantitative estimate of drug-likeness (QED) is 0.256. The van der Waals surface area contributed by atoms with Crippen molar-refractivity contribution >= 4 is 40.4 Å². The smallest absolute Gasteiger partial charge is 0.335 e. The van der Waals surface area contributed by atoms with Crippen molar-refractivity contribution in [3.63, 3.8) is 0 Å². The van der Waals surface area contributed by atoms with Crippen LogP contribution in [0.5, 0.6) is 0 Å². The number of hydrogen-bond acceptors (Lipinski definition) is 8. The molecule has 11 heteroatoms. The Labute approximate surface area is 252 Å². The predicted molar refractivity (Wildman–Crippen MR) is 169 cm³/mol. The lowest BCUT2D eigenvalue weighted by atomic mass is 10.1. The Morgan fingerprint density at radius 2 is 1.55 bits per heavy atom. The molecule has 2 saturated heterocycles. The molecule has 2 aromatic heterocycles. The molecule has 0 bridgehead atoms. The van der Waals surface area contributed by atoms with E-state index in [1.165, 1.54) is 0 Å². The van der Waals surface area contributed by atoms with Crippen molar-refractivity contribution in [1.82, 2.24) is 19.5 Å². The monoisotopic (exact) mass is 610 g/mol. The number of imidazole rings is 1. The second-order valence-corrected chi connectivity index (χ2v) is 21.5. The summed E-state index contributed by atoms with van der Waals surface area (Å²) in [6, 6.07) is 10.1. The topological polar surface area (TPSA) is 89.8 Å². The molecule has 0 N–H and O–H groups in total. The van der Waals surface area contributed by atoms with Gasteiger partial charge < -0.3 is 22.4 Å². The average molecular weight is 611 g/mol. The van der Waals surface area contributed by atoms with Crippen LogP contribution in [0.15, 0.2) is 43.0 Å². The van der Waals surface area contributed by atoms with E-state index in [2.05, 4.69) is 77.5 Å². The van der Waals surface area contributed by atoms with Crippen LogP contribution in [0.25, 0.3) is 23.3 Å². The molecule has 4 atom stereocenters. The zero-order valence-corrected chi connectivity index (χ0v) is 28.4. The van der Waals surface area contributed by atoms with E-state index < -0.39 is 29.5 Å². The molecule has 4 heterocycles. The lowest BCUT2D eigenvalue weighted by Crippen LogP contribution is -2.65. The number of nitrogens with zero attached hydrogens (tertiary/aromatic N) is 4. The van der Waals surface area contributed by atoms with Crippen molar-refractivity contribution in [3.8, 4) is 0 Å². The third-order valence-corrected chi connectivity index (χ3v) is 19.0. The van der Waals surface area contributed by atoms with Gasteiger partial charge in [0.15, 0.2) is 11.9 Å². The number of rotatable bonds is 8. The van der Waals surface area contributed by atoms with E-state index in [4.69, 9.17) is 27.4 Å². The first-order valence-corrected chi connectivity index (χ1v) is 19.1. The third kappa shape index (κ3) is 5.44. The average Bonchev–Trinajstić information content (AvgIpc) is 3.52. The lowest BCUT2D eigenvalue weighted by molar-refractivity contribution is -0.0602. The second-order valence-electron chi connectivity index (χ2n) is 12.6. The Bertz CT molecular complexity index is 1360. The van der Waals surface area contributed by atoms with Crippen LogP contribution in [0.4, 0.5) is 0 Å². The van der Waals surface area contributed by atoms with Gasteiger partial charge in [-0.25, -0.2) is 15.0 Å². The van der Waals surface area contributed by atoms with E-state index in [1.54, 1.807) is 19.8 Å². The zero-order chi connectivity index (χ0) is 30.2. The van der Waals surface area contributed by atoms with Gasteiger partial charge in [-0.3, -0.25) is 4.57 Å². The highest BCUT2D eigenvalue weighted by atomic mass is 28.5. The maximum Gasteiger partial charge on any atom is 0.335 e. The highest BCUT2D eigenvalue weighted by Crippen LogP contribution is 2.49. The first-order valence-electron chi connectivity index (χ1n) is 15.1. The number of hydrogen-bond donors (Lipinski definition) is 0. The number of fused-ring (bicyclic) bond motifs is 2. The van der Waals surface area contributed by atoms with Gasteiger partial charge in [-0.05, 0) is 33.8 Å². The first-order chi connectivity index (χ1) is 20.0. The molecule has 42 heavy (non-hydrogen) atoms. The molecule has 2 fully saturated rings. The summed E-state index contributed by atoms with van der Waals surface area (Å²) in [7, 11) is -3.80. The summed E-state index contributed by atoms with van der Waals surface area (Å²) < 4.78 is 36.5. The first kappa shape index (κ1) is 31.2. The molecule has 3 aromatic rings. The Kier molecular flexibility index (Phi) is 9.20. The standard InChI is InChI=1S/C31H46N4O5Si2/c1-20(2)41(21(3)4)37-17-26-28(39-42(40-41,22(5)6)23(7)8)29(36-9)31(38-26)35-19-34-27-25(32-18-33-30(27)35)16-15-24-13-11-10-12-14-24/h10-16,18-23,26,28-29,31H,17H2,1-9H3/b16-15+/t26-,28-,29-,31-/m1/s1. The van der Waals surface area contributed by atoms with Crippen LogP contribution in [0, 0.1) is 0 Å².